The van der Waals surface area contributed by atoms with Gasteiger partial charge in [0.1, 0.15) is 5.01 Å². The van der Waals surface area contributed by atoms with Crippen molar-refractivity contribution in [3.05, 3.63) is 53.3 Å². The van der Waals surface area contributed by atoms with E-state index in [4.69, 9.17) is 0 Å². The molecular formula is C16H12N4OS. The number of ketones is 1. The molecule has 0 amide bonds. The van der Waals surface area contributed by atoms with Gasteiger partial charge in [0.2, 0.25) is 0 Å². The second-order valence-electron chi connectivity index (χ2n) is 4.76. The van der Waals surface area contributed by atoms with Crippen LogP contribution in [0.1, 0.15) is 16.5 Å². The highest BCUT2D eigenvalue weighted by Crippen LogP contribution is 2.28. The van der Waals surface area contributed by atoms with Gasteiger partial charge in [-0.3, -0.25) is 9.48 Å². The minimum atomic E-state index is -0.870. The van der Waals surface area contributed by atoms with E-state index in [-0.39, 0.29) is 5.78 Å². The van der Waals surface area contributed by atoms with Crippen molar-refractivity contribution in [3.63, 3.8) is 0 Å². The SMILES string of the molecule is Cn1cc(C=CC(=O)C(C#N)c2nc3ccccc3s2)cn1. The molecule has 0 fully saturated rings. The number of thiazole rings is 1. The summed E-state index contributed by atoms with van der Waals surface area (Å²) in [5.41, 5.74) is 1.63. The summed E-state index contributed by atoms with van der Waals surface area (Å²) >= 11 is 1.38. The van der Waals surface area contributed by atoms with Gasteiger partial charge in [0.05, 0.1) is 22.5 Å². The number of carbonyl (C=O) groups is 1. The van der Waals surface area contributed by atoms with Crippen LogP contribution < -0.4 is 0 Å². The summed E-state index contributed by atoms with van der Waals surface area (Å²) < 4.78 is 2.63. The number of nitriles is 1. The average Bonchev–Trinajstić information content (AvgIpc) is 3.11. The molecule has 0 aliphatic carbocycles. The fourth-order valence-electron chi connectivity index (χ4n) is 2.05. The van der Waals surface area contributed by atoms with Gasteiger partial charge in [0.15, 0.2) is 11.7 Å². The molecule has 3 rings (SSSR count). The summed E-state index contributed by atoms with van der Waals surface area (Å²) in [6.45, 7) is 0. The average molecular weight is 308 g/mol. The van der Waals surface area contributed by atoms with E-state index in [2.05, 4.69) is 10.1 Å². The Labute approximate surface area is 131 Å². The number of aryl methyl sites for hydroxylation is 1. The predicted octanol–water partition coefficient (Wildman–Crippen LogP) is 2.92. The highest BCUT2D eigenvalue weighted by Gasteiger charge is 2.21. The highest BCUT2D eigenvalue weighted by molar-refractivity contribution is 7.18. The number of hydrogen-bond donors (Lipinski definition) is 0. The van der Waals surface area contributed by atoms with Gasteiger partial charge in [-0.2, -0.15) is 10.4 Å². The first-order chi connectivity index (χ1) is 10.7. The van der Waals surface area contributed by atoms with E-state index in [1.54, 1.807) is 30.2 Å². The van der Waals surface area contributed by atoms with Crippen molar-refractivity contribution < 1.29 is 4.79 Å². The van der Waals surface area contributed by atoms with Gasteiger partial charge in [-0.1, -0.05) is 12.1 Å². The number of aromatic nitrogens is 3. The van der Waals surface area contributed by atoms with E-state index in [0.717, 1.165) is 15.8 Å². The van der Waals surface area contributed by atoms with Crippen molar-refractivity contribution in [3.8, 4) is 6.07 Å². The lowest BCUT2D eigenvalue weighted by molar-refractivity contribution is -0.114. The number of fused-ring (bicyclic) bond motifs is 1. The van der Waals surface area contributed by atoms with Crippen LogP contribution in [0.5, 0.6) is 0 Å². The first kappa shape index (κ1) is 14.2. The third-order valence-electron chi connectivity index (χ3n) is 3.14. The lowest BCUT2D eigenvalue weighted by Gasteiger charge is -1.99. The number of nitrogens with zero attached hydrogens (tertiary/aromatic N) is 4. The summed E-state index contributed by atoms with van der Waals surface area (Å²) in [4.78, 5) is 16.7. The quantitative estimate of drug-likeness (QED) is 0.695. The van der Waals surface area contributed by atoms with Gasteiger partial charge in [-0.15, -0.1) is 11.3 Å². The number of para-hydroxylation sites is 1. The highest BCUT2D eigenvalue weighted by atomic mass is 32.1. The van der Waals surface area contributed by atoms with Crippen LogP contribution in [0.3, 0.4) is 0 Å². The smallest absolute Gasteiger partial charge is 0.179 e. The molecule has 0 spiro atoms. The molecule has 1 unspecified atom stereocenters. The Hall–Kier alpha value is -2.78. The normalized spacial score (nSPS) is 12.5. The van der Waals surface area contributed by atoms with Crippen molar-refractivity contribution in [2.24, 2.45) is 7.05 Å². The molecule has 0 aliphatic heterocycles. The molecule has 0 bridgehead atoms. The molecule has 0 saturated carbocycles. The molecule has 1 aromatic carbocycles. The van der Waals surface area contributed by atoms with Crippen molar-refractivity contribution in [1.82, 2.24) is 14.8 Å². The number of hydrogen-bond acceptors (Lipinski definition) is 5. The van der Waals surface area contributed by atoms with Gasteiger partial charge < -0.3 is 0 Å². The monoisotopic (exact) mass is 308 g/mol. The Kier molecular flexibility index (Phi) is 3.81. The fourth-order valence-corrected chi connectivity index (χ4v) is 3.08. The Balaban J connectivity index is 1.85. The minimum absolute atomic E-state index is 0.273. The number of allylic oxidation sites excluding steroid dienone is 1. The Morgan fingerprint density at radius 2 is 2.27 bits per heavy atom. The van der Waals surface area contributed by atoms with Crippen molar-refractivity contribution in [1.29, 1.82) is 5.26 Å². The molecule has 2 heterocycles. The maximum atomic E-state index is 12.3. The maximum absolute atomic E-state index is 12.3. The standard InChI is InChI=1S/C16H12N4OS/c1-20-10-11(9-18-20)6-7-14(21)12(8-17)16-19-13-4-2-3-5-15(13)22-16/h2-7,9-10,12H,1H3. The molecule has 0 radical (unpaired) electrons. The Morgan fingerprint density at radius 3 is 2.95 bits per heavy atom. The molecule has 0 saturated heterocycles. The van der Waals surface area contributed by atoms with E-state index >= 15 is 0 Å². The van der Waals surface area contributed by atoms with E-state index in [1.165, 1.54) is 17.4 Å². The van der Waals surface area contributed by atoms with Crippen LogP contribution in [0.25, 0.3) is 16.3 Å². The number of benzene rings is 1. The zero-order valence-corrected chi connectivity index (χ0v) is 12.6. The minimum Gasteiger partial charge on any atom is -0.293 e. The van der Waals surface area contributed by atoms with Gasteiger partial charge in [-0.05, 0) is 24.3 Å². The maximum Gasteiger partial charge on any atom is 0.179 e. The lowest BCUT2D eigenvalue weighted by Crippen LogP contribution is -2.07. The Bertz CT molecular complexity index is 867. The molecule has 22 heavy (non-hydrogen) atoms. The summed E-state index contributed by atoms with van der Waals surface area (Å²) in [7, 11) is 1.80. The van der Waals surface area contributed by atoms with Crippen molar-refractivity contribution in [2.75, 3.05) is 0 Å². The molecule has 2 aromatic heterocycles. The number of rotatable bonds is 4. The third-order valence-corrected chi connectivity index (χ3v) is 4.24. The molecule has 0 aliphatic rings. The fraction of sp³-hybridized carbons (Fsp3) is 0.125. The Morgan fingerprint density at radius 1 is 1.45 bits per heavy atom. The second kappa shape index (κ2) is 5.92. The van der Waals surface area contributed by atoms with E-state index in [0.29, 0.717) is 5.01 Å². The largest absolute Gasteiger partial charge is 0.293 e. The van der Waals surface area contributed by atoms with Crippen LogP contribution in [0.15, 0.2) is 42.7 Å². The zero-order valence-electron chi connectivity index (χ0n) is 11.8. The molecule has 3 aromatic rings. The van der Waals surface area contributed by atoms with Crippen LogP contribution in [0.4, 0.5) is 0 Å². The van der Waals surface area contributed by atoms with E-state index < -0.39 is 5.92 Å². The van der Waals surface area contributed by atoms with Crippen LogP contribution >= 0.6 is 11.3 Å². The first-order valence-electron chi connectivity index (χ1n) is 6.63. The van der Waals surface area contributed by atoms with Crippen molar-refractivity contribution >= 4 is 33.4 Å². The van der Waals surface area contributed by atoms with Gasteiger partial charge >= 0.3 is 0 Å². The van der Waals surface area contributed by atoms with Gasteiger partial charge in [-0.25, -0.2) is 4.98 Å². The zero-order chi connectivity index (χ0) is 15.5. The summed E-state index contributed by atoms with van der Waals surface area (Å²) in [5.74, 6) is -1.14. The van der Waals surface area contributed by atoms with E-state index in [9.17, 15) is 10.1 Å². The molecule has 5 nitrogen and oxygen atoms in total. The first-order valence-corrected chi connectivity index (χ1v) is 7.44. The summed E-state index contributed by atoms with van der Waals surface area (Å²) in [5, 5.41) is 13.9. The molecular weight excluding hydrogens is 296 g/mol. The van der Waals surface area contributed by atoms with Crippen LogP contribution in [0.2, 0.25) is 0 Å². The van der Waals surface area contributed by atoms with E-state index in [1.807, 2.05) is 30.3 Å². The van der Waals surface area contributed by atoms with Crippen LogP contribution in [0, 0.1) is 11.3 Å². The van der Waals surface area contributed by atoms with Crippen LogP contribution in [-0.2, 0) is 11.8 Å². The topological polar surface area (TPSA) is 71.6 Å². The molecule has 6 heteroatoms. The van der Waals surface area contributed by atoms with Gasteiger partial charge in [0.25, 0.3) is 0 Å². The summed E-state index contributed by atoms with van der Waals surface area (Å²) in [6.07, 6.45) is 6.52. The summed E-state index contributed by atoms with van der Waals surface area (Å²) in [6, 6.07) is 9.65. The molecule has 0 N–H and O–H groups in total. The molecule has 108 valence electrons. The van der Waals surface area contributed by atoms with Crippen molar-refractivity contribution in [2.45, 2.75) is 5.92 Å². The van der Waals surface area contributed by atoms with Gasteiger partial charge in [0, 0.05) is 18.8 Å². The predicted molar refractivity (Wildman–Crippen MR) is 85.2 cm³/mol. The second-order valence-corrected chi connectivity index (χ2v) is 5.83. The molecule has 1 atom stereocenters. The van der Waals surface area contributed by atoms with Crippen LogP contribution in [-0.4, -0.2) is 20.5 Å². The third kappa shape index (κ3) is 2.80. The number of carbonyl (C=O) groups excluding carboxylic acids is 1. The lowest BCUT2D eigenvalue weighted by atomic mass is 10.1.